The number of hydrogen-bond donors (Lipinski definition) is 1. The molecule has 0 bridgehead atoms. The molecule has 17 heavy (non-hydrogen) atoms. The summed E-state index contributed by atoms with van der Waals surface area (Å²) >= 11 is 0. The first-order valence-electron chi connectivity index (χ1n) is 6.47. The molecule has 0 radical (unpaired) electrons. The van der Waals surface area contributed by atoms with Crippen molar-refractivity contribution in [2.75, 3.05) is 18.1 Å². The molecule has 0 aliphatic carbocycles. The third-order valence-corrected chi connectivity index (χ3v) is 5.44. The Morgan fingerprint density at radius 1 is 1.12 bits per heavy atom. The van der Waals surface area contributed by atoms with Crippen LogP contribution < -0.4 is 5.32 Å². The van der Waals surface area contributed by atoms with E-state index in [4.69, 9.17) is 4.74 Å². The van der Waals surface area contributed by atoms with Crippen molar-refractivity contribution in [3.05, 3.63) is 0 Å². The van der Waals surface area contributed by atoms with Crippen molar-refractivity contribution in [3.8, 4) is 0 Å². The fourth-order valence-electron chi connectivity index (χ4n) is 2.76. The van der Waals surface area contributed by atoms with Crippen LogP contribution >= 0.6 is 0 Å². The Balaban J connectivity index is 1.82. The van der Waals surface area contributed by atoms with Crippen molar-refractivity contribution in [3.63, 3.8) is 0 Å². The van der Waals surface area contributed by atoms with Gasteiger partial charge in [-0.1, -0.05) is 0 Å². The molecule has 2 heterocycles. The van der Waals surface area contributed by atoms with Gasteiger partial charge in [0.1, 0.15) is 9.84 Å². The molecule has 2 aliphatic rings. The summed E-state index contributed by atoms with van der Waals surface area (Å²) in [6.45, 7) is 5.04. The van der Waals surface area contributed by atoms with Crippen LogP contribution in [0.15, 0.2) is 0 Å². The molecule has 2 aliphatic heterocycles. The van der Waals surface area contributed by atoms with Gasteiger partial charge < -0.3 is 10.1 Å². The van der Waals surface area contributed by atoms with Crippen LogP contribution in [0.3, 0.4) is 0 Å². The van der Waals surface area contributed by atoms with Crippen LogP contribution in [0, 0.1) is 0 Å². The molecule has 4 nitrogen and oxygen atoms in total. The van der Waals surface area contributed by atoms with Gasteiger partial charge in [0.25, 0.3) is 0 Å². The summed E-state index contributed by atoms with van der Waals surface area (Å²) in [5, 5.41) is 3.61. The van der Waals surface area contributed by atoms with Crippen molar-refractivity contribution < 1.29 is 13.2 Å². The minimum atomic E-state index is -2.74. The molecule has 0 aromatic heterocycles. The zero-order valence-electron chi connectivity index (χ0n) is 10.7. The zero-order valence-corrected chi connectivity index (χ0v) is 11.6. The van der Waals surface area contributed by atoms with Crippen molar-refractivity contribution in [2.45, 2.75) is 57.2 Å². The molecule has 2 fully saturated rings. The van der Waals surface area contributed by atoms with Crippen LogP contribution in [0.5, 0.6) is 0 Å². The number of ether oxygens (including phenoxy) is 1. The Bertz CT molecular complexity index is 350. The average Bonchev–Trinajstić information content (AvgIpc) is 2.20. The molecule has 1 N–H and O–H groups in total. The summed E-state index contributed by atoms with van der Waals surface area (Å²) in [5.41, 5.74) is -0.0450. The second-order valence-corrected chi connectivity index (χ2v) is 8.19. The Labute approximate surface area is 104 Å². The summed E-state index contributed by atoms with van der Waals surface area (Å²) in [4.78, 5) is 0. The second-order valence-electron chi connectivity index (χ2n) is 5.89. The normalized spacial score (nSPS) is 33.4. The highest BCUT2D eigenvalue weighted by atomic mass is 32.2. The first-order chi connectivity index (χ1) is 7.86. The number of nitrogens with one attached hydrogen (secondary N) is 1. The van der Waals surface area contributed by atoms with E-state index in [9.17, 15) is 8.42 Å². The first kappa shape index (κ1) is 13.3. The summed E-state index contributed by atoms with van der Waals surface area (Å²) in [5.74, 6) is 0.689. The lowest BCUT2D eigenvalue weighted by molar-refractivity contribution is -0.0642. The minimum absolute atomic E-state index is 0.0450. The highest BCUT2D eigenvalue weighted by Gasteiger charge is 2.31. The Hall–Kier alpha value is -0.130. The smallest absolute Gasteiger partial charge is 0.150 e. The van der Waals surface area contributed by atoms with Gasteiger partial charge in [-0.25, -0.2) is 8.42 Å². The van der Waals surface area contributed by atoms with Gasteiger partial charge in [-0.2, -0.15) is 0 Å². The number of hydrogen-bond acceptors (Lipinski definition) is 4. The van der Waals surface area contributed by atoms with E-state index in [1.165, 1.54) is 0 Å². The molecule has 0 saturated carbocycles. The van der Waals surface area contributed by atoms with E-state index >= 15 is 0 Å². The summed E-state index contributed by atoms with van der Waals surface area (Å²) < 4.78 is 28.4. The maximum absolute atomic E-state index is 11.3. The first-order valence-corrected chi connectivity index (χ1v) is 8.29. The largest absolute Gasteiger partial charge is 0.375 e. The van der Waals surface area contributed by atoms with Crippen LogP contribution in [-0.2, 0) is 14.6 Å². The van der Waals surface area contributed by atoms with E-state index in [-0.39, 0.29) is 5.60 Å². The molecule has 0 aromatic carbocycles. The second kappa shape index (κ2) is 4.86. The van der Waals surface area contributed by atoms with Crippen LogP contribution in [0.1, 0.15) is 39.5 Å². The maximum atomic E-state index is 11.3. The standard InChI is InChI=1S/C12H23NO3S/c1-12(2)9-11(3-6-16-12)13-10-4-7-17(14,15)8-5-10/h10-11,13H,3-9H2,1-2H3. The van der Waals surface area contributed by atoms with Gasteiger partial charge in [0, 0.05) is 18.7 Å². The monoisotopic (exact) mass is 261 g/mol. The van der Waals surface area contributed by atoms with Crippen molar-refractivity contribution in [1.82, 2.24) is 5.32 Å². The molecule has 0 spiro atoms. The average molecular weight is 261 g/mol. The predicted octanol–water partition coefficient (Wildman–Crippen LogP) is 1.11. The molecular formula is C12H23NO3S. The minimum Gasteiger partial charge on any atom is -0.375 e. The SMILES string of the molecule is CC1(C)CC(NC2CCS(=O)(=O)CC2)CCO1. The molecular weight excluding hydrogens is 238 g/mol. The van der Waals surface area contributed by atoms with Gasteiger partial charge in [-0.15, -0.1) is 0 Å². The maximum Gasteiger partial charge on any atom is 0.150 e. The third kappa shape index (κ3) is 3.93. The predicted molar refractivity (Wildman–Crippen MR) is 67.9 cm³/mol. The van der Waals surface area contributed by atoms with E-state index < -0.39 is 9.84 Å². The summed E-state index contributed by atoms with van der Waals surface area (Å²) in [6, 6.07) is 0.849. The Morgan fingerprint density at radius 3 is 2.35 bits per heavy atom. The van der Waals surface area contributed by atoms with Crippen molar-refractivity contribution in [2.24, 2.45) is 0 Å². The summed E-state index contributed by atoms with van der Waals surface area (Å²) in [7, 11) is -2.74. The lowest BCUT2D eigenvalue weighted by Crippen LogP contribution is -2.49. The highest BCUT2D eigenvalue weighted by molar-refractivity contribution is 7.91. The van der Waals surface area contributed by atoms with Gasteiger partial charge in [0.2, 0.25) is 0 Å². The zero-order chi connectivity index (χ0) is 12.5. The third-order valence-electron chi connectivity index (χ3n) is 3.72. The van der Waals surface area contributed by atoms with Crippen LogP contribution in [0.2, 0.25) is 0 Å². The molecule has 0 aromatic rings. The molecule has 5 heteroatoms. The van der Waals surface area contributed by atoms with E-state index in [2.05, 4.69) is 19.2 Å². The van der Waals surface area contributed by atoms with Gasteiger partial charge in [0.15, 0.2) is 0 Å². The van der Waals surface area contributed by atoms with Gasteiger partial charge in [-0.3, -0.25) is 0 Å². The molecule has 1 unspecified atom stereocenters. The Morgan fingerprint density at radius 2 is 1.76 bits per heavy atom. The fourth-order valence-corrected chi connectivity index (χ4v) is 4.26. The van der Waals surface area contributed by atoms with Gasteiger partial charge >= 0.3 is 0 Å². The van der Waals surface area contributed by atoms with E-state index in [1.54, 1.807) is 0 Å². The number of sulfone groups is 1. The quantitative estimate of drug-likeness (QED) is 0.809. The van der Waals surface area contributed by atoms with E-state index in [0.29, 0.717) is 23.6 Å². The van der Waals surface area contributed by atoms with E-state index in [0.717, 1.165) is 32.3 Å². The fraction of sp³-hybridized carbons (Fsp3) is 1.00. The number of rotatable bonds is 2. The highest BCUT2D eigenvalue weighted by Crippen LogP contribution is 2.25. The lowest BCUT2D eigenvalue weighted by atomic mass is 9.93. The Kier molecular flexibility index (Phi) is 3.80. The van der Waals surface area contributed by atoms with Crippen molar-refractivity contribution >= 4 is 9.84 Å². The van der Waals surface area contributed by atoms with Gasteiger partial charge in [0.05, 0.1) is 17.1 Å². The topological polar surface area (TPSA) is 55.4 Å². The molecule has 0 amide bonds. The summed E-state index contributed by atoms with van der Waals surface area (Å²) in [6.07, 6.45) is 3.57. The molecule has 2 rings (SSSR count). The van der Waals surface area contributed by atoms with Crippen molar-refractivity contribution in [1.29, 1.82) is 0 Å². The molecule has 2 saturated heterocycles. The van der Waals surface area contributed by atoms with Crippen LogP contribution in [0.25, 0.3) is 0 Å². The van der Waals surface area contributed by atoms with Gasteiger partial charge in [-0.05, 0) is 39.5 Å². The lowest BCUT2D eigenvalue weighted by Gasteiger charge is -2.38. The van der Waals surface area contributed by atoms with E-state index in [1.807, 2.05) is 0 Å². The molecule has 1 atom stereocenters. The molecule has 100 valence electrons. The van der Waals surface area contributed by atoms with Crippen LogP contribution in [0.4, 0.5) is 0 Å². The van der Waals surface area contributed by atoms with Crippen LogP contribution in [-0.4, -0.2) is 44.2 Å².